The van der Waals surface area contributed by atoms with E-state index in [0.717, 1.165) is 5.56 Å². The summed E-state index contributed by atoms with van der Waals surface area (Å²) in [5, 5.41) is 3.55. The third-order valence-electron chi connectivity index (χ3n) is 2.45. The van der Waals surface area contributed by atoms with Gasteiger partial charge in [-0.25, -0.2) is 0 Å². The molecule has 1 unspecified atom stereocenters. The molecule has 88 valence electrons. The van der Waals surface area contributed by atoms with Crippen molar-refractivity contribution in [3.05, 3.63) is 34.9 Å². The molecule has 0 saturated heterocycles. The third kappa shape index (κ3) is 3.51. The summed E-state index contributed by atoms with van der Waals surface area (Å²) < 4.78 is 4.93. The minimum atomic E-state index is -0.435. The van der Waals surface area contributed by atoms with Gasteiger partial charge in [-0.2, -0.15) is 0 Å². The van der Waals surface area contributed by atoms with Crippen molar-refractivity contribution in [3.8, 4) is 0 Å². The lowest BCUT2D eigenvalue weighted by Crippen LogP contribution is -2.35. The van der Waals surface area contributed by atoms with Crippen LogP contribution in [0, 0.1) is 0 Å². The fraction of sp³-hybridized carbons (Fsp3) is 0.417. The van der Waals surface area contributed by atoms with Crippen molar-refractivity contribution in [2.45, 2.75) is 26.0 Å². The first-order valence-electron chi connectivity index (χ1n) is 5.13. The van der Waals surface area contributed by atoms with Crippen LogP contribution in [0.15, 0.2) is 24.3 Å². The normalized spacial score (nSPS) is 14.2. The second-order valence-electron chi connectivity index (χ2n) is 3.66. The molecule has 1 N–H and O–H groups in total. The van der Waals surface area contributed by atoms with Gasteiger partial charge >= 0.3 is 0 Å². The Labute approximate surface area is 101 Å². The van der Waals surface area contributed by atoms with E-state index in [1.807, 2.05) is 19.1 Å². The Morgan fingerprint density at radius 2 is 1.88 bits per heavy atom. The monoisotopic (exact) mass is 241 g/mol. The number of hydrogen-bond donors (Lipinski definition) is 1. The van der Waals surface area contributed by atoms with Crippen LogP contribution in [0.1, 0.15) is 25.5 Å². The van der Waals surface area contributed by atoms with Gasteiger partial charge in [0.1, 0.15) is 6.10 Å². The molecule has 0 aliphatic heterocycles. The summed E-state index contributed by atoms with van der Waals surface area (Å²) in [6.45, 7) is 3.63. The molecule has 16 heavy (non-hydrogen) atoms. The number of ether oxygens (including phenoxy) is 1. The van der Waals surface area contributed by atoms with Crippen molar-refractivity contribution in [2.24, 2.45) is 0 Å². The number of carbonyl (C=O) groups is 1. The van der Waals surface area contributed by atoms with Crippen LogP contribution in [0.3, 0.4) is 0 Å². The second kappa shape index (κ2) is 5.87. The van der Waals surface area contributed by atoms with Crippen LogP contribution < -0.4 is 5.32 Å². The Morgan fingerprint density at radius 3 is 2.38 bits per heavy atom. The van der Waals surface area contributed by atoms with Gasteiger partial charge in [0, 0.05) is 12.1 Å². The van der Waals surface area contributed by atoms with Crippen molar-refractivity contribution in [3.63, 3.8) is 0 Å². The zero-order chi connectivity index (χ0) is 12.1. The number of amides is 1. The summed E-state index contributed by atoms with van der Waals surface area (Å²) in [5.74, 6) is -0.120. The van der Waals surface area contributed by atoms with E-state index in [9.17, 15) is 4.79 Å². The molecule has 0 aromatic heterocycles. The van der Waals surface area contributed by atoms with E-state index in [4.69, 9.17) is 16.3 Å². The average Bonchev–Trinajstić information content (AvgIpc) is 2.28. The summed E-state index contributed by atoms with van der Waals surface area (Å²) in [7, 11) is 1.51. The minimum absolute atomic E-state index is 0.0534. The molecule has 1 amide bonds. The maximum atomic E-state index is 11.6. The van der Waals surface area contributed by atoms with E-state index in [2.05, 4.69) is 5.32 Å². The van der Waals surface area contributed by atoms with E-state index in [0.29, 0.717) is 5.02 Å². The molecular weight excluding hydrogens is 226 g/mol. The predicted octanol–water partition coefficient (Wildman–Crippen LogP) is 2.55. The Morgan fingerprint density at radius 1 is 1.31 bits per heavy atom. The Hall–Kier alpha value is -1.06. The molecule has 0 bridgehead atoms. The van der Waals surface area contributed by atoms with Crippen LogP contribution in [0.25, 0.3) is 0 Å². The molecule has 2 atom stereocenters. The van der Waals surface area contributed by atoms with Gasteiger partial charge in [0.15, 0.2) is 0 Å². The van der Waals surface area contributed by atoms with Gasteiger partial charge in [-0.15, -0.1) is 0 Å². The van der Waals surface area contributed by atoms with Crippen LogP contribution in [-0.4, -0.2) is 19.1 Å². The fourth-order valence-electron chi connectivity index (χ4n) is 1.27. The van der Waals surface area contributed by atoms with E-state index >= 15 is 0 Å². The van der Waals surface area contributed by atoms with Crippen molar-refractivity contribution >= 4 is 17.5 Å². The number of carbonyl (C=O) groups excluding carboxylic acids is 1. The predicted molar refractivity (Wildman–Crippen MR) is 64.5 cm³/mol. The zero-order valence-electron chi connectivity index (χ0n) is 9.66. The molecule has 0 aliphatic carbocycles. The maximum Gasteiger partial charge on any atom is 0.249 e. The third-order valence-corrected chi connectivity index (χ3v) is 2.70. The smallest absolute Gasteiger partial charge is 0.249 e. The number of rotatable bonds is 4. The molecule has 1 aromatic rings. The average molecular weight is 242 g/mol. The van der Waals surface area contributed by atoms with E-state index in [-0.39, 0.29) is 11.9 Å². The van der Waals surface area contributed by atoms with Gasteiger partial charge in [0.2, 0.25) is 5.91 Å². The lowest BCUT2D eigenvalue weighted by molar-refractivity contribution is -0.130. The second-order valence-corrected chi connectivity index (χ2v) is 4.10. The molecule has 1 aromatic carbocycles. The van der Waals surface area contributed by atoms with Crippen LogP contribution in [0.5, 0.6) is 0 Å². The number of benzene rings is 1. The topological polar surface area (TPSA) is 38.3 Å². The molecule has 4 heteroatoms. The summed E-state index contributed by atoms with van der Waals surface area (Å²) in [6.07, 6.45) is -0.435. The lowest BCUT2D eigenvalue weighted by atomic mass is 10.1. The molecular formula is C12H16ClNO2. The quantitative estimate of drug-likeness (QED) is 0.880. The molecule has 3 nitrogen and oxygen atoms in total. The highest BCUT2D eigenvalue weighted by molar-refractivity contribution is 6.30. The first-order chi connectivity index (χ1) is 7.54. The van der Waals surface area contributed by atoms with Gasteiger partial charge in [0.05, 0.1) is 6.04 Å². The fourth-order valence-corrected chi connectivity index (χ4v) is 1.40. The SMILES string of the molecule is COC(C)C(=O)N[C@H](C)c1ccc(Cl)cc1. The van der Waals surface area contributed by atoms with Gasteiger partial charge < -0.3 is 10.1 Å². The van der Waals surface area contributed by atoms with E-state index < -0.39 is 6.10 Å². The van der Waals surface area contributed by atoms with Crippen molar-refractivity contribution < 1.29 is 9.53 Å². The summed E-state index contributed by atoms with van der Waals surface area (Å²) in [5.41, 5.74) is 1.01. The van der Waals surface area contributed by atoms with Gasteiger partial charge in [-0.1, -0.05) is 23.7 Å². The van der Waals surface area contributed by atoms with Gasteiger partial charge in [-0.3, -0.25) is 4.79 Å². The van der Waals surface area contributed by atoms with E-state index in [1.54, 1.807) is 19.1 Å². The number of hydrogen-bond acceptors (Lipinski definition) is 2. The molecule has 1 rings (SSSR count). The van der Waals surface area contributed by atoms with E-state index in [1.165, 1.54) is 7.11 Å². The Bertz CT molecular complexity index is 351. The number of nitrogens with one attached hydrogen (secondary N) is 1. The summed E-state index contributed by atoms with van der Waals surface area (Å²) >= 11 is 5.79. The minimum Gasteiger partial charge on any atom is -0.372 e. The molecule has 0 spiro atoms. The molecule has 0 saturated carbocycles. The number of methoxy groups -OCH3 is 1. The van der Waals surface area contributed by atoms with Crippen LogP contribution in [-0.2, 0) is 9.53 Å². The molecule has 0 heterocycles. The molecule has 0 radical (unpaired) electrons. The highest BCUT2D eigenvalue weighted by Gasteiger charge is 2.14. The Kier molecular flexibility index (Phi) is 4.77. The highest BCUT2D eigenvalue weighted by atomic mass is 35.5. The van der Waals surface area contributed by atoms with Crippen molar-refractivity contribution in [1.82, 2.24) is 5.32 Å². The Balaban J connectivity index is 2.62. The highest BCUT2D eigenvalue weighted by Crippen LogP contribution is 2.16. The number of halogens is 1. The van der Waals surface area contributed by atoms with Crippen LogP contribution in [0.4, 0.5) is 0 Å². The molecule has 0 aliphatic rings. The largest absolute Gasteiger partial charge is 0.372 e. The standard InChI is InChI=1S/C12H16ClNO2/c1-8(14-12(15)9(2)16-3)10-4-6-11(13)7-5-10/h4-9H,1-3H3,(H,14,15)/t8-,9?/m1/s1. The molecule has 0 fully saturated rings. The first kappa shape index (κ1) is 13.0. The summed E-state index contributed by atoms with van der Waals surface area (Å²) in [6, 6.07) is 7.34. The van der Waals surface area contributed by atoms with Crippen LogP contribution >= 0.6 is 11.6 Å². The van der Waals surface area contributed by atoms with Gasteiger partial charge in [-0.05, 0) is 31.5 Å². The lowest BCUT2D eigenvalue weighted by Gasteiger charge is -2.17. The maximum absolute atomic E-state index is 11.6. The zero-order valence-corrected chi connectivity index (χ0v) is 10.4. The first-order valence-corrected chi connectivity index (χ1v) is 5.51. The van der Waals surface area contributed by atoms with Crippen molar-refractivity contribution in [2.75, 3.05) is 7.11 Å². The van der Waals surface area contributed by atoms with Crippen LogP contribution in [0.2, 0.25) is 5.02 Å². The summed E-state index contributed by atoms with van der Waals surface area (Å²) in [4.78, 5) is 11.6. The van der Waals surface area contributed by atoms with Crippen molar-refractivity contribution in [1.29, 1.82) is 0 Å². The van der Waals surface area contributed by atoms with Gasteiger partial charge in [0.25, 0.3) is 0 Å².